The number of carbonyl (C=O) groups is 2. The highest BCUT2D eigenvalue weighted by Crippen LogP contribution is 2.48. The number of nitrogens with one attached hydrogen (secondary N) is 1. The van der Waals surface area contributed by atoms with Crippen LogP contribution in [0.4, 0.5) is 0 Å². The Bertz CT molecular complexity index is 535. The fourth-order valence-electron chi connectivity index (χ4n) is 4.26. The smallest absolute Gasteiger partial charge is 0.224 e. The van der Waals surface area contributed by atoms with Gasteiger partial charge in [0.05, 0.1) is 0 Å². The van der Waals surface area contributed by atoms with Crippen LogP contribution in [0, 0.1) is 23.7 Å². The van der Waals surface area contributed by atoms with Crippen LogP contribution in [0.1, 0.15) is 31.2 Å². The minimum Gasteiger partial charge on any atom is -0.550 e. The van der Waals surface area contributed by atoms with E-state index in [1.807, 2.05) is 30.3 Å². The zero-order valence-electron chi connectivity index (χ0n) is 12.7. The predicted molar refractivity (Wildman–Crippen MR) is 80.6 cm³/mol. The van der Waals surface area contributed by atoms with Crippen LogP contribution in [0.5, 0.6) is 0 Å². The molecule has 0 spiro atoms. The van der Waals surface area contributed by atoms with E-state index in [9.17, 15) is 14.7 Å². The second kappa shape index (κ2) is 6.51. The van der Waals surface area contributed by atoms with Crippen molar-refractivity contribution in [3.63, 3.8) is 0 Å². The first-order chi connectivity index (χ1) is 10.7. The van der Waals surface area contributed by atoms with Gasteiger partial charge in [-0.3, -0.25) is 4.79 Å². The van der Waals surface area contributed by atoms with Crippen molar-refractivity contribution in [3.05, 3.63) is 35.9 Å². The van der Waals surface area contributed by atoms with E-state index in [0.29, 0.717) is 6.54 Å². The van der Waals surface area contributed by atoms with Gasteiger partial charge in [-0.25, -0.2) is 0 Å². The van der Waals surface area contributed by atoms with Crippen molar-refractivity contribution >= 4 is 11.9 Å². The summed E-state index contributed by atoms with van der Waals surface area (Å²) in [5, 5.41) is 14.4. The maximum absolute atomic E-state index is 12.5. The Balaban J connectivity index is 1.59. The lowest BCUT2D eigenvalue weighted by Gasteiger charge is -2.48. The number of rotatable bonds is 5. The molecule has 2 atom stereocenters. The number of carboxylic acid groups (broad SMARTS) is 1. The molecule has 4 rings (SSSR count). The number of amides is 1. The van der Waals surface area contributed by atoms with E-state index >= 15 is 0 Å². The van der Waals surface area contributed by atoms with Gasteiger partial charge in [0, 0.05) is 24.3 Å². The largest absolute Gasteiger partial charge is 0.550 e. The number of hydrogen-bond acceptors (Lipinski definition) is 3. The molecular formula is C18H22NO3-. The second-order valence-corrected chi connectivity index (χ2v) is 6.57. The first-order valence-electron chi connectivity index (χ1n) is 8.19. The molecule has 1 amide bonds. The van der Waals surface area contributed by atoms with E-state index in [0.717, 1.165) is 32.1 Å². The predicted octanol–water partition coefficient (Wildman–Crippen LogP) is 1.15. The highest BCUT2D eigenvalue weighted by molar-refractivity contribution is 5.85. The third kappa shape index (κ3) is 3.01. The Morgan fingerprint density at radius 3 is 2.18 bits per heavy atom. The van der Waals surface area contributed by atoms with Crippen molar-refractivity contribution in [2.75, 3.05) is 6.54 Å². The summed E-state index contributed by atoms with van der Waals surface area (Å²) >= 11 is 0. The van der Waals surface area contributed by atoms with Gasteiger partial charge in [0.15, 0.2) is 0 Å². The van der Waals surface area contributed by atoms with Crippen LogP contribution in [0.15, 0.2) is 30.3 Å². The summed E-state index contributed by atoms with van der Waals surface area (Å²) in [6.07, 6.45) is 4.58. The molecule has 1 aromatic rings. The van der Waals surface area contributed by atoms with Gasteiger partial charge in [0.2, 0.25) is 5.91 Å². The number of fused-ring (bicyclic) bond motifs is 3. The molecule has 3 aliphatic carbocycles. The molecule has 0 radical (unpaired) electrons. The van der Waals surface area contributed by atoms with Gasteiger partial charge in [0.25, 0.3) is 0 Å². The molecule has 2 bridgehead atoms. The van der Waals surface area contributed by atoms with Crippen molar-refractivity contribution < 1.29 is 14.7 Å². The van der Waals surface area contributed by atoms with Crippen LogP contribution < -0.4 is 10.4 Å². The highest BCUT2D eigenvalue weighted by Gasteiger charge is 2.47. The molecule has 4 heteroatoms. The average Bonchev–Trinajstić information content (AvgIpc) is 2.55. The molecule has 22 heavy (non-hydrogen) atoms. The van der Waals surface area contributed by atoms with Crippen LogP contribution in [0.2, 0.25) is 0 Å². The Morgan fingerprint density at radius 1 is 1.00 bits per heavy atom. The highest BCUT2D eigenvalue weighted by atomic mass is 16.4. The Kier molecular flexibility index (Phi) is 4.46. The van der Waals surface area contributed by atoms with Gasteiger partial charge < -0.3 is 15.2 Å². The molecule has 4 nitrogen and oxygen atoms in total. The normalized spacial score (nSPS) is 30.0. The third-order valence-electron chi connectivity index (χ3n) is 5.35. The van der Waals surface area contributed by atoms with Crippen molar-refractivity contribution in [3.8, 4) is 0 Å². The molecule has 3 fully saturated rings. The maximum atomic E-state index is 12.5. The quantitative estimate of drug-likeness (QED) is 0.887. The molecule has 118 valence electrons. The summed E-state index contributed by atoms with van der Waals surface area (Å²) in [4.78, 5) is 24.0. The van der Waals surface area contributed by atoms with Gasteiger partial charge in [-0.2, -0.15) is 0 Å². The third-order valence-corrected chi connectivity index (χ3v) is 5.35. The van der Waals surface area contributed by atoms with E-state index in [2.05, 4.69) is 5.32 Å². The van der Waals surface area contributed by atoms with E-state index in [1.54, 1.807) is 0 Å². The SMILES string of the molecule is O=C(NCCc1ccccc1)[C@@H]1C2CCC(CC2)[C@@H]1C(=O)[O-]. The lowest BCUT2D eigenvalue weighted by molar-refractivity contribution is -0.318. The summed E-state index contributed by atoms with van der Waals surface area (Å²) in [6, 6.07) is 9.97. The summed E-state index contributed by atoms with van der Waals surface area (Å²) < 4.78 is 0. The fourth-order valence-corrected chi connectivity index (χ4v) is 4.26. The summed E-state index contributed by atoms with van der Waals surface area (Å²) in [7, 11) is 0. The Labute approximate surface area is 130 Å². The minimum atomic E-state index is -1.04. The molecule has 3 saturated carbocycles. The number of carbonyl (C=O) groups excluding carboxylic acids is 2. The number of carboxylic acids is 1. The van der Waals surface area contributed by atoms with Crippen LogP contribution in [-0.4, -0.2) is 18.4 Å². The molecular weight excluding hydrogens is 278 g/mol. The molecule has 0 saturated heterocycles. The van der Waals surface area contributed by atoms with E-state index < -0.39 is 17.8 Å². The van der Waals surface area contributed by atoms with Gasteiger partial charge >= 0.3 is 0 Å². The molecule has 0 unspecified atom stereocenters. The van der Waals surface area contributed by atoms with Crippen LogP contribution in [-0.2, 0) is 16.0 Å². The monoisotopic (exact) mass is 300 g/mol. The first kappa shape index (κ1) is 15.1. The van der Waals surface area contributed by atoms with Gasteiger partial charge in [-0.1, -0.05) is 30.3 Å². The zero-order valence-corrected chi connectivity index (χ0v) is 12.7. The molecule has 0 aromatic heterocycles. The van der Waals surface area contributed by atoms with E-state index in [1.165, 1.54) is 5.56 Å². The van der Waals surface area contributed by atoms with Gasteiger partial charge in [0.1, 0.15) is 0 Å². The van der Waals surface area contributed by atoms with Crippen molar-refractivity contribution in [1.82, 2.24) is 5.32 Å². The summed E-state index contributed by atoms with van der Waals surface area (Å²) in [6.45, 7) is 0.552. The molecule has 0 heterocycles. The molecule has 1 aromatic carbocycles. The van der Waals surface area contributed by atoms with Crippen molar-refractivity contribution in [2.24, 2.45) is 23.7 Å². The number of aliphatic carboxylic acids is 1. The first-order valence-corrected chi connectivity index (χ1v) is 8.19. The number of benzene rings is 1. The maximum Gasteiger partial charge on any atom is 0.224 e. The molecule has 0 aliphatic heterocycles. The lowest BCUT2D eigenvalue weighted by Crippen LogP contribution is -2.54. The van der Waals surface area contributed by atoms with Gasteiger partial charge in [-0.15, -0.1) is 0 Å². The number of hydrogen-bond donors (Lipinski definition) is 1. The van der Waals surface area contributed by atoms with Crippen LogP contribution in [0.25, 0.3) is 0 Å². The Hall–Kier alpha value is -1.84. The lowest BCUT2D eigenvalue weighted by atomic mass is 9.58. The van der Waals surface area contributed by atoms with E-state index in [4.69, 9.17) is 0 Å². The zero-order chi connectivity index (χ0) is 15.5. The molecule has 3 aliphatic rings. The van der Waals surface area contributed by atoms with Crippen LogP contribution in [0.3, 0.4) is 0 Å². The standard InChI is InChI=1S/C18H23NO3/c20-17(19-11-10-12-4-2-1-3-5-12)15-13-6-8-14(9-7-13)16(15)18(21)22/h1-5,13-16H,6-11H2,(H,19,20)(H,21,22)/p-1/t13?,14?,15-,16+/m1/s1. The van der Waals surface area contributed by atoms with E-state index in [-0.39, 0.29) is 17.7 Å². The van der Waals surface area contributed by atoms with Crippen molar-refractivity contribution in [2.45, 2.75) is 32.1 Å². The molecule has 1 N–H and O–H groups in total. The minimum absolute atomic E-state index is 0.0977. The summed E-state index contributed by atoms with van der Waals surface area (Å²) in [5.41, 5.74) is 1.17. The second-order valence-electron chi connectivity index (χ2n) is 6.57. The average molecular weight is 300 g/mol. The summed E-state index contributed by atoms with van der Waals surface area (Å²) in [5.74, 6) is -1.79. The van der Waals surface area contributed by atoms with Gasteiger partial charge in [-0.05, 0) is 49.5 Å². The van der Waals surface area contributed by atoms with Crippen molar-refractivity contribution in [1.29, 1.82) is 0 Å². The van der Waals surface area contributed by atoms with Crippen LogP contribution >= 0.6 is 0 Å². The topological polar surface area (TPSA) is 69.2 Å². The fraction of sp³-hybridized carbons (Fsp3) is 0.556. The Morgan fingerprint density at radius 2 is 1.59 bits per heavy atom.